The van der Waals surface area contributed by atoms with E-state index in [1.807, 2.05) is 30.3 Å². The van der Waals surface area contributed by atoms with Crippen molar-refractivity contribution in [1.82, 2.24) is 0 Å². The van der Waals surface area contributed by atoms with Crippen molar-refractivity contribution < 1.29 is 24.2 Å². The molecule has 0 aliphatic heterocycles. The number of methoxy groups -OCH3 is 1. The maximum atomic E-state index is 11.8. The smallest absolute Gasteiger partial charge is 0.372 e. The van der Waals surface area contributed by atoms with Gasteiger partial charge in [-0.3, -0.25) is 9.59 Å². The number of hydrogen-bond donors (Lipinski definition) is 1. The normalized spacial score (nSPS) is 10.2. The van der Waals surface area contributed by atoms with Gasteiger partial charge in [0.05, 0.1) is 18.4 Å². The summed E-state index contributed by atoms with van der Waals surface area (Å²) in [6.45, 7) is 0. The summed E-state index contributed by atoms with van der Waals surface area (Å²) in [5.74, 6) is -2.35. The number of benzene rings is 1. The number of ether oxygens (including phenoxy) is 1. The molecule has 0 radical (unpaired) electrons. The Morgan fingerprint density at radius 1 is 1.09 bits per heavy atom. The van der Waals surface area contributed by atoms with E-state index in [4.69, 9.17) is 9.84 Å². The minimum Gasteiger partial charge on any atom is -0.497 e. The Bertz CT molecular complexity index is 700. The van der Waals surface area contributed by atoms with Crippen LogP contribution in [0.4, 0.5) is 0 Å². The molecule has 1 aromatic carbocycles. The average Bonchev–Trinajstić information content (AvgIpc) is 2.96. The van der Waals surface area contributed by atoms with Gasteiger partial charge < -0.3 is 9.84 Å². The molecule has 0 aliphatic rings. The number of ketones is 2. The number of hydrogen-bond acceptors (Lipinski definition) is 5. The minimum atomic E-state index is -1.58. The molecule has 0 amide bonds. The maximum Gasteiger partial charge on any atom is 0.372 e. The van der Waals surface area contributed by atoms with Crippen LogP contribution in [0.5, 0.6) is 5.75 Å². The van der Waals surface area contributed by atoms with Crippen LogP contribution in [-0.2, 0) is 16.0 Å². The van der Waals surface area contributed by atoms with Crippen LogP contribution in [0.15, 0.2) is 36.4 Å². The van der Waals surface area contributed by atoms with E-state index in [-0.39, 0.29) is 0 Å². The number of carboxylic acids is 1. The van der Waals surface area contributed by atoms with E-state index in [1.165, 1.54) is 11.3 Å². The van der Waals surface area contributed by atoms with Gasteiger partial charge in [-0.25, -0.2) is 4.79 Å². The van der Waals surface area contributed by atoms with E-state index in [1.54, 1.807) is 13.2 Å². The molecule has 1 N–H and O–H groups in total. The molecule has 0 saturated carbocycles. The molecular weight excluding hydrogens is 304 g/mol. The SMILES string of the molecule is COc1ccc(Cc2ccc(C(=O)CC(=O)C(=O)O)s2)cc1. The second-order valence-electron chi connectivity index (χ2n) is 4.62. The summed E-state index contributed by atoms with van der Waals surface area (Å²) in [6.07, 6.45) is 0.0621. The molecule has 2 aromatic rings. The van der Waals surface area contributed by atoms with Crippen LogP contribution >= 0.6 is 11.3 Å². The summed E-state index contributed by atoms with van der Waals surface area (Å²) in [4.78, 5) is 34.7. The lowest BCUT2D eigenvalue weighted by Gasteiger charge is -2.01. The maximum absolute atomic E-state index is 11.8. The van der Waals surface area contributed by atoms with E-state index in [0.29, 0.717) is 11.3 Å². The fourth-order valence-electron chi connectivity index (χ4n) is 1.88. The van der Waals surface area contributed by atoms with Gasteiger partial charge in [0.1, 0.15) is 5.75 Å². The highest BCUT2D eigenvalue weighted by Gasteiger charge is 2.19. The standard InChI is InChI=1S/C16H14O5S/c1-21-11-4-2-10(3-5-11)8-12-6-7-15(22-12)13(17)9-14(18)16(19)20/h2-7H,8-9H2,1H3,(H,19,20). The first-order valence-corrected chi connectivity index (χ1v) is 7.32. The summed E-state index contributed by atoms with van der Waals surface area (Å²) in [5, 5.41) is 8.51. The van der Waals surface area contributed by atoms with Gasteiger partial charge in [0.25, 0.3) is 0 Å². The highest BCUT2D eigenvalue weighted by atomic mass is 32.1. The van der Waals surface area contributed by atoms with Crippen LogP contribution in [0.2, 0.25) is 0 Å². The van der Waals surface area contributed by atoms with Crippen molar-refractivity contribution in [2.24, 2.45) is 0 Å². The molecule has 0 aliphatic carbocycles. The Hall–Kier alpha value is -2.47. The Balaban J connectivity index is 2.02. The van der Waals surface area contributed by atoms with E-state index in [9.17, 15) is 14.4 Å². The molecule has 6 heteroatoms. The summed E-state index contributed by atoms with van der Waals surface area (Å²) in [6, 6.07) is 11.0. The molecule has 5 nitrogen and oxygen atoms in total. The largest absolute Gasteiger partial charge is 0.497 e. The van der Waals surface area contributed by atoms with Crippen LogP contribution in [0, 0.1) is 0 Å². The minimum absolute atomic E-state index is 0.401. The zero-order valence-corrected chi connectivity index (χ0v) is 12.7. The second-order valence-corrected chi connectivity index (χ2v) is 5.79. The van der Waals surface area contributed by atoms with Gasteiger partial charge in [-0.15, -0.1) is 11.3 Å². The van der Waals surface area contributed by atoms with Gasteiger partial charge in [0, 0.05) is 11.3 Å². The highest BCUT2D eigenvalue weighted by molar-refractivity contribution is 7.14. The third-order valence-corrected chi connectivity index (χ3v) is 4.16. The number of carboxylic acid groups (broad SMARTS) is 1. The molecule has 114 valence electrons. The quantitative estimate of drug-likeness (QED) is 0.482. The first-order chi connectivity index (χ1) is 10.5. The van der Waals surface area contributed by atoms with Crippen LogP contribution in [0.1, 0.15) is 26.5 Å². The molecule has 0 fully saturated rings. The number of aliphatic carboxylic acids is 1. The Morgan fingerprint density at radius 2 is 1.77 bits per heavy atom. The third-order valence-electron chi connectivity index (χ3n) is 3.03. The molecule has 0 spiro atoms. The molecule has 1 aromatic heterocycles. The Kier molecular flexibility index (Phi) is 5.06. The van der Waals surface area contributed by atoms with Crippen molar-refractivity contribution in [2.75, 3.05) is 7.11 Å². The van der Waals surface area contributed by atoms with Crippen molar-refractivity contribution in [3.63, 3.8) is 0 Å². The predicted octanol–water partition coefficient (Wildman–Crippen LogP) is 2.57. The number of carbonyl (C=O) groups is 3. The van der Waals surface area contributed by atoms with Crippen LogP contribution in [0.25, 0.3) is 0 Å². The number of Topliss-reactive ketones (excluding diaryl/α,β-unsaturated/α-hetero) is 2. The number of thiophene rings is 1. The monoisotopic (exact) mass is 318 g/mol. The molecule has 0 saturated heterocycles. The summed E-state index contributed by atoms with van der Waals surface area (Å²) in [7, 11) is 1.60. The summed E-state index contributed by atoms with van der Waals surface area (Å²) >= 11 is 1.27. The van der Waals surface area contributed by atoms with Crippen molar-refractivity contribution in [2.45, 2.75) is 12.8 Å². The molecule has 1 heterocycles. The zero-order chi connectivity index (χ0) is 16.1. The van der Waals surface area contributed by atoms with E-state index >= 15 is 0 Å². The zero-order valence-electron chi connectivity index (χ0n) is 11.9. The molecule has 0 bridgehead atoms. The lowest BCUT2D eigenvalue weighted by Crippen LogP contribution is -2.16. The third kappa shape index (κ3) is 4.02. The molecule has 2 rings (SSSR count). The van der Waals surface area contributed by atoms with Gasteiger partial charge in [-0.05, 0) is 29.8 Å². The van der Waals surface area contributed by atoms with Crippen molar-refractivity contribution in [1.29, 1.82) is 0 Å². The van der Waals surface area contributed by atoms with Gasteiger partial charge >= 0.3 is 5.97 Å². The molecular formula is C16H14O5S. The summed E-state index contributed by atoms with van der Waals surface area (Å²) in [5.41, 5.74) is 1.07. The van der Waals surface area contributed by atoms with Crippen molar-refractivity contribution in [3.8, 4) is 5.75 Å². The lowest BCUT2D eigenvalue weighted by molar-refractivity contribution is -0.148. The number of carbonyl (C=O) groups excluding carboxylic acids is 2. The topological polar surface area (TPSA) is 80.7 Å². The highest BCUT2D eigenvalue weighted by Crippen LogP contribution is 2.22. The van der Waals surface area contributed by atoms with Gasteiger partial charge in [0.2, 0.25) is 5.78 Å². The van der Waals surface area contributed by atoms with E-state index in [0.717, 1.165) is 16.2 Å². The first kappa shape index (κ1) is 15.9. The van der Waals surface area contributed by atoms with Gasteiger partial charge in [-0.2, -0.15) is 0 Å². The van der Waals surface area contributed by atoms with Crippen molar-refractivity contribution in [3.05, 3.63) is 51.7 Å². The van der Waals surface area contributed by atoms with Crippen LogP contribution in [0.3, 0.4) is 0 Å². The predicted molar refractivity (Wildman–Crippen MR) is 81.7 cm³/mol. The average molecular weight is 318 g/mol. The second kappa shape index (κ2) is 7.00. The Labute approximate surface area is 131 Å². The van der Waals surface area contributed by atoms with E-state index in [2.05, 4.69) is 0 Å². The molecule has 0 unspecified atom stereocenters. The first-order valence-electron chi connectivity index (χ1n) is 6.50. The fourth-order valence-corrected chi connectivity index (χ4v) is 2.86. The Morgan fingerprint density at radius 3 is 2.36 bits per heavy atom. The fraction of sp³-hybridized carbons (Fsp3) is 0.188. The lowest BCUT2D eigenvalue weighted by atomic mass is 10.1. The number of rotatable bonds is 7. The summed E-state index contributed by atoms with van der Waals surface area (Å²) < 4.78 is 5.09. The molecule has 0 atom stereocenters. The van der Waals surface area contributed by atoms with Crippen LogP contribution < -0.4 is 4.74 Å². The van der Waals surface area contributed by atoms with E-state index < -0.39 is 24.0 Å². The van der Waals surface area contributed by atoms with Gasteiger partial charge in [0.15, 0.2) is 5.78 Å². The molecule has 22 heavy (non-hydrogen) atoms. The van der Waals surface area contributed by atoms with Crippen LogP contribution in [-0.4, -0.2) is 29.8 Å². The van der Waals surface area contributed by atoms with Crippen molar-refractivity contribution >= 4 is 28.9 Å². The van der Waals surface area contributed by atoms with Gasteiger partial charge in [-0.1, -0.05) is 12.1 Å².